The molecule has 1 aromatic heterocycles. The second kappa shape index (κ2) is 10.2. The van der Waals surface area contributed by atoms with Gasteiger partial charge in [-0.2, -0.15) is 5.10 Å². The van der Waals surface area contributed by atoms with Crippen molar-refractivity contribution in [3.63, 3.8) is 0 Å². The standard InChI is InChI=1S/C20H27N5O3/c1-4-6-18(26)23-17-9-7-16(8-10-17)13-21-19(27)14-24(3)20(28)15(2)25-12-5-11-22-25/h5,7-12,15H,4,6,13-14H2,1-3H3,(H,21,27)(H,23,26). The highest BCUT2D eigenvalue weighted by atomic mass is 16.2. The molecule has 1 heterocycles. The molecule has 8 heteroatoms. The molecule has 0 saturated heterocycles. The number of amides is 3. The SMILES string of the molecule is CCCC(=O)Nc1ccc(CNC(=O)CN(C)C(=O)C(C)n2cccn2)cc1. The van der Waals surface area contributed by atoms with Gasteiger partial charge < -0.3 is 15.5 Å². The van der Waals surface area contributed by atoms with Gasteiger partial charge in [-0.15, -0.1) is 0 Å². The molecule has 8 nitrogen and oxygen atoms in total. The zero-order chi connectivity index (χ0) is 20.5. The van der Waals surface area contributed by atoms with Gasteiger partial charge in [0.05, 0.1) is 6.54 Å². The van der Waals surface area contributed by atoms with E-state index in [4.69, 9.17) is 0 Å². The number of carbonyl (C=O) groups excluding carboxylic acids is 3. The lowest BCUT2D eigenvalue weighted by Gasteiger charge is -2.21. The van der Waals surface area contributed by atoms with Gasteiger partial charge in [-0.3, -0.25) is 19.1 Å². The number of benzene rings is 1. The molecule has 0 aliphatic rings. The lowest BCUT2D eigenvalue weighted by molar-refractivity contribution is -0.137. The van der Waals surface area contributed by atoms with Crippen molar-refractivity contribution in [1.29, 1.82) is 0 Å². The molecule has 28 heavy (non-hydrogen) atoms. The minimum Gasteiger partial charge on any atom is -0.350 e. The first-order valence-corrected chi connectivity index (χ1v) is 9.30. The van der Waals surface area contributed by atoms with Crippen LogP contribution < -0.4 is 10.6 Å². The summed E-state index contributed by atoms with van der Waals surface area (Å²) < 4.78 is 1.55. The van der Waals surface area contributed by atoms with Gasteiger partial charge >= 0.3 is 0 Å². The van der Waals surface area contributed by atoms with E-state index in [1.807, 2.05) is 19.1 Å². The summed E-state index contributed by atoms with van der Waals surface area (Å²) >= 11 is 0. The van der Waals surface area contributed by atoms with Gasteiger partial charge in [-0.25, -0.2) is 0 Å². The summed E-state index contributed by atoms with van der Waals surface area (Å²) in [5.41, 5.74) is 1.63. The predicted octanol–water partition coefficient (Wildman–Crippen LogP) is 1.96. The maximum Gasteiger partial charge on any atom is 0.247 e. The largest absolute Gasteiger partial charge is 0.350 e. The Morgan fingerprint density at radius 3 is 2.50 bits per heavy atom. The van der Waals surface area contributed by atoms with Gasteiger partial charge in [0.1, 0.15) is 6.04 Å². The molecule has 2 N–H and O–H groups in total. The van der Waals surface area contributed by atoms with Crippen LogP contribution in [0.15, 0.2) is 42.7 Å². The molecule has 0 aliphatic heterocycles. The van der Waals surface area contributed by atoms with Crippen LogP contribution in [0.4, 0.5) is 5.69 Å². The monoisotopic (exact) mass is 385 g/mol. The van der Waals surface area contributed by atoms with Gasteiger partial charge in [0, 0.05) is 38.1 Å². The fraction of sp³-hybridized carbons (Fsp3) is 0.400. The molecule has 0 fully saturated rings. The second-order valence-electron chi connectivity index (χ2n) is 6.63. The van der Waals surface area contributed by atoms with Crippen LogP contribution in [0.25, 0.3) is 0 Å². The zero-order valence-electron chi connectivity index (χ0n) is 16.5. The van der Waals surface area contributed by atoms with Crippen molar-refractivity contribution in [1.82, 2.24) is 20.0 Å². The molecule has 1 unspecified atom stereocenters. The van der Waals surface area contributed by atoms with Crippen LogP contribution in [-0.4, -0.2) is 46.0 Å². The van der Waals surface area contributed by atoms with Crippen molar-refractivity contribution in [2.24, 2.45) is 0 Å². The van der Waals surface area contributed by atoms with E-state index in [-0.39, 0.29) is 24.3 Å². The molecule has 1 atom stereocenters. The van der Waals surface area contributed by atoms with Gasteiger partial charge in [0.25, 0.3) is 0 Å². The van der Waals surface area contributed by atoms with Gasteiger partial charge in [0.15, 0.2) is 0 Å². The van der Waals surface area contributed by atoms with Crippen molar-refractivity contribution < 1.29 is 14.4 Å². The van der Waals surface area contributed by atoms with Crippen LogP contribution in [0, 0.1) is 0 Å². The first-order chi connectivity index (χ1) is 13.4. The topological polar surface area (TPSA) is 96.3 Å². The maximum absolute atomic E-state index is 12.4. The summed E-state index contributed by atoms with van der Waals surface area (Å²) in [7, 11) is 1.59. The van der Waals surface area contributed by atoms with Crippen LogP contribution in [0.1, 0.15) is 38.3 Å². The number of nitrogens with one attached hydrogen (secondary N) is 2. The number of likely N-dealkylation sites (N-methyl/N-ethyl adjacent to an activating group) is 1. The fourth-order valence-corrected chi connectivity index (χ4v) is 2.65. The normalized spacial score (nSPS) is 11.5. The molecule has 3 amide bonds. The molecule has 2 rings (SSSR count). The highest BCUT2D eigenvalue weighted by molar-refractivity contribution is 5.90. The van der Waals surface area contributed by atoms with E-state index < -0.39 is 6.04 Å². The number of hydrogen-bond acceptors (Lipinski definition) is 4. The summed E-state index contributed by atoms with van der Waals surface area (Å²) in [6.07, 6.45) is 4.61. The Labute approximate surface area is 164 Å². The van der Waals surface area contributed by atoms with Gasteiger partial charge in [-0.05, 0) is 37.1 Å². The van der Waals surface area contributed by atoms with Crippen molar-refractivity contribution in [2.75, 3.05) is 18.9 Å². The summed E-state index contributed by atoms with van der Waals surface area (Å²) in [4.78, 5) is 37.5. The molecular weight excluding hydrogens is 358 g/mol. The molecule has 2 aromatic rings. The van der Waals surface area contributed by atoms with Crippen molar-refractivity contribution >= 4 is 23.4 Å². The first kappa shape index (κ1) is 21.1. The lowest BCUT2D eigenvalue weighted by Crippen LogP contribution is -2.40. The number of hydrogen-bond donors (Lipinski definition) is 2. The fourth-order valence-electron chi connectivity index (χ4n) is 2.65. The second-order valence-corrected chi connectivity index (χ2v) is 6.63. The Hall–Kier alpha value is -3.16. The number of rotatable bonds is 9. The van der Waals surface area contributed by atoms with Crippen LogP contribution >= 0.6 is 0 Å². The van der Waals surface area contributed by atoms with Gasteiger partial charge in [0.2, 0.25) is 17.7 Å². The zero-order valence-corrected chi connectivity index (χ0v) is 16.5. The summed E-state index contributed by atoms with van der Waals surface area (Å²) in [6, 6.07) is 8.57. The van der Waals surface area contributed by atoms with Crippen molar-refractivity contribution in [2.45, 2.75) is 39.3 Å². The van der Waals surface area contributed by atoms with Crippen molar-refractivity contribution in [3.05, 3.63) is 48.3 Å². The smallest absolute Gasteiger partial charge is 0.247 e. The predicted molar refractivity (Wildman–Crippen MR) is 106 cm³/mol. The van der Waals surface area contributed by atoms with E-state index in [0.717, 1.165) is 17.7 Å². The highest BCUT2D eigenvalue weighted by Gasteiger charge is 2.21. The Bertz CT molecular complexity index is 787. The van der Waals surface area contributed by atoms with E-state index >= 15 is 0 Å². The van der Waals surface area contributed by atoms with E-state index in [1.165, 1.54) is 4.90 Å². The summed E-state index contributed by atoms with van der Waals surface area (Å²) in [6.45, 7) is 4.01. The number of nitrogens with zero attached hydrogens (tertiary/aromatic N) is 3. The first-order valence-electron chi connectivity index (χ1n) is 9.30. The third-order valence-electron chi connectivity index (χ3n) is 4.24. The molecule has 0 radical (unpaired) electrons. The Morgan fingerprint density at radius 1 is 1.18 bits per heavy atom. The van der Waals surface area contributed by atoms with Crippen LogP contribution in [0.5, 0.6) is 0 Å². The number of anilines is 1. The molecule has 0 spiro atoms. The summed E-state index contributed by atoms with van der Waals surface area (Å²) in [5, 5.41) is 9.67. The molecule has 150 valence electrons. The van der Waals surface area contributed by atoms with Crippen LogP contribution in [-0.2, 0) is 20.9 Å². The van der Waals surface area contributed by atoms with E-state index in [2.05, 4.69) is 15.7 Å². The average molecular weight is 385 g/mol. The maximum atomic E-state index is 12.4. The Balaban J connectivity index is 1.78. The third-order valence-corrected chi connectivity index (χ3v) is 4.24. The number of aromatic nitrogens is 2. The number of carbonyl (C=O) groups is 3. The van der Waals surface area contributed by atoms with Crippen molar-refractivity contribution in [3.8, 4) is 0 Å². The minimum atomic E-state index is -0.469. The quantitative estimate of drug-likeness (QED) is 0.690. The third kappa shape index (κ3) is 6.22. The molecule has 0 aliphatic carbocycles. The minimum absolute atomic E-state index is 0.0133. The molecule has 0 bridgehead atoms. The Kier molecular flexibility index (Phi) is 7.74. The van der Waals surface area contributed by atoms with Crippen LogP contribution in [0.2, 0.25) is 0 Å². The average Bonchev–Trinajstić information content (AvgIpc) is 3.21. The molecule has 0 saturated carbocycles. The molecule has 1 aromatic carbocycles. The van der Waals surface area contributed by atoms with E-state index in [1.54, 1.807) is 49.2 Å². The van der Waals surface area contributed by atoms with Crippen LogP contribution in [0.3, 0.4) is 0 Å². The Morgan fingerprint density at radius 2 is 1.89 bits per heavy atom. The van der Waals surface area contributed by atoms with Gasteiger partial charge in [-0.1, -0.05) is 19.1 Å². The molecular formula is C20H27N5O3. The lowest BCUT2D eigenvalue weighted by atomic mass is 10.2. The summed E-state index contributed by atoms with van der Waals surface area (Å²) in [5.74, 6) is -0.449. The van der Waals surface area contributed by atoms with E-state index in [0.29, 0.717) is 13.0 Å². The van der Waals surface area contributed by atoms with E-state index in [9.17, 15) is 14.4 Å². The highest BCUT2D eigenvalue weighted by Crippen LogP contribution is 2.10.